The maximum absolute atomic E-state index is 13.3. The van der Waals surface area contributed by atoms with Gasteiger partial charge >= 0.3 is 0 Å². The van der Waals surface area contributed by atoms with E-state index in [1.54, 1.807) is 21.5 Å². The third-order valence-electron chi connectivity index (χ3n) is 5.08. The fourth-order valence-electron chi connectivity index (χ4n) is 3.69. The molecule has 1 aromatic carbocycles. The van der Waals surface area contributed by atoms with Gasteiger partial charge in [-0.2, -0.15) is 5.10 Å². The molecule has 1 amide bonds. The number of halogens is 2. The highest BCUT2D eigenvalue weighted by atomic mass is 35.5. The second-order valence-electron chi connectivity index (χ2n) is 7.21. The first-order valence-electron chi connectivity index (χ1n) is 8.98. The zero-order chi connectivity index (χ0) is 20.0. The Morgan fingerprint density at radius 3 is 2.89 bits per heavy atom. The third-order valence-corrected chi connectivity index (χ3v) is 5.37. The number of nitrogens with one attached hydrogen (secondary N) is 1. The van der Waals surface area contributed by atoms with E-state index >= 15 is 0 Å². The molecule has 4 rings (SSSR count). The van der Waals surface area contributed by atoms with Crippen LogP contribution in [0.4, 0.5) is 10.1 Å². The van der Waals surface area contributed by atoms with Gasteiger partial charge in [-0.3, -0.25) is 14.4 Å². The number of carbonyl (C=O) groups excluding carboxylic acids is 1. The highest BCUT2D eigenvalue weighted by Crippen LogP contribution is 2.27. The summed E-state index contributed by atoms with van der Waals surface area (Å²) in [7, 11) is 1.75. The number of hydrogen-bond acceptors (Lipinski definition) is 5. The largest absolute Gasteiger partial charge is 0.361 e. The maximum Gasteiger partial charge on any atom is 0.272 e. The van der Waals surface area contributed by atoms with Crippen LogP contribution in [0, 0.1) is 5.82 Å². The van der Waals surface area contributed by atoms with E-state index in [2.05, 4.69) is 17.0 Å². The van der Waals surface area contributed by atoms with Crippen molar-refractivity contribution in [3.63, 3.8) is 0 Å². The number of fused-ring (bicyclic) bond motifs is 3. The second-order valence-corrected chi connectivity index (χ2v) is 7.62. The topological polar surface area (TPSA) is 73.6 Å². The molecule has 2 aliphatic rings. The monoisotopic (exact) mass is 405 g/mol. The first-order chi connectivity index (χ1) is 13.3. The van der Waals surface area contributed by atoms with Gasteiger partial charge in [-0.05, 0) is 23.8 Å². The number of nitrogens with zero attached hydrogens (tertiary/aromatic N) is 4. The lowest BCUT2D eigenvalue weighted by molar-refractivity contribution is 0.0159. The van der Waals surface area contributed by atoms with Crippen molar-refractivity contribution in [3.05, 3.63) is 58.1 Å². The van der Waals surface area contributed by atoms with E-state index in [1.807, 2.05) is 0 Å². The summed E-state index contributed by atoms with van der Waals surface area (Å²) in [5.41, 5.74) is 3.68. The lowest BCUT2D eigenvalue weighted by atomic mass is 10.0. The molecule has 0 bridgehead atoms. The number of anilines is 1. The van der Waals surface area contributed by atoms with Crippen molar-refractivity contribution >= 4 is 23.2 Å². The van der Waals surface area contributed by atoms with Crippen LogP contribution in [0.1, 0.15) is 21.7 Å². The zero-order valence-corrected chi connectivity index (χ0v) is 16.2. The summed E-state index contributed by atoms with van der Waals surface area (Å²) in [6.07, 6.45) is -0.402. The van der Waals surface area contributed by atoms with Crippen molar-refractivity contribution in [3.8, 4) is 0 Å². The molecule has 0 radical (unpaired) electrons. The van der Waals surface area contributed by atoms with Gasteiger partial charge in [0.05, 0.1) is 17.3 Å². The van der Waals surface area contributed by atoms with Crippen LogP contribution in [-0.2, 0) is 19.5 Å². The van der Waals surface area contributed by atoms with Gasteiger partial charge in [0.1, 0.15) is 11.5 Å². The van der Waals surface area contributed by atoms with Crippen molar-refractivity contribution < 1.29 is 14.3 Å². The lowest BCUT2D eigenvalue weighted by Gasteiger charge is -2.32. The fourth-order valence-corrected chi connectivity index (χ4v) is 3.87. The molecular formula is C19H21ClFN5O2. The van der Waals surface area contributed by atoms with E-state index in [9.17, 15) is 14.3 Å². The van der Waals surface area contributed by atoms with E-state index in [0.29, 0.717) is 44.0 Å². The summed E-state index contributed by atoms with van der Waals surface area (Å²) < 4.78 is 15.1. The molecule has 0 saturated heterocycles. The molecule has 0 spiro atoms. The molecule has 0 aliphatic carbocycles. The number of amides is 1. The van der Waals surface area contributed by atoms with Crippen LogP contribution in [-0.4, -0.2) is 57.1 Å². The number of carbonyl (C=O) groups is 1. The molecule has 3 heterocycles. The third kappa shape index (κ3) is 3.39. The highest BCUT2D eigenvalue weighted by Gasteiger charge is 2.33. The Bertz CT molecular complexity index is 960. The molecule has 2 aliphatic heterocycles. The summed E-state index contributed by atoms with van der Waals surface area (Å²) in [6, 6.07) is 4.17. The van der Waals surface area contributed by atoms with E-state index in [0.717, 1.165) is 16.8 Å². The molecule has 9 heteroatoms. The first-order valence-corrected chi connectivity index (χ1v) is 9.35. The number of hydrogen-bond donors (Lipinski definition) is 2. The molecule has 1 atom stereocenters. The molecule has 2 aromatic rings. The van der Waals surface area contributed by atoms with Crippen LogP contribution < -0.4 is 5.32 Å². The normalized spacial score (nSPS) is 18.5. The summed E-state index contributed by atoms with van der Waals surface area (Å²) in [6.45, 7) is 5.96. The molecule has 2 N–H and O–H groups in total. The van der Waals surface area contributed by atoms with Crippen LogP contribution in [0.5, 0.6) is 0 Å². The Hall–Kier alpha value is -2.42. The van der Waals surface area contributed by atoms with Crippen molar-refractivity contribution in [2.24, 2.45) is 0 Å². The van der Waals surface area contributed by atoms with Gasteiger partial charge < -0.3 is 15.3 Å². The van der Waals surface area contributed by atoms with Crippen LogP contribution in [0.25, 0.3) is 0 Å². The quantitative estimate of drug-likeness (QED) is 0.604. The Morgan fingerprint density at radius 1 is 1.36 bits per heavy atom. The van der Waals surface area contributed by atoms with Gasteiger partial charge in [0.2, 0.25) is 0 Å². The highest BCUT2D eigenvalue weighted by molar-refractivity contribution is 6.31. The Balaban J connectivity index is 1.57. The molecule has 0 fully saturated rings. The first kappa shape index (κ1) is 18.9. The van der Waals surface area contributed by atoms with Gasteiger partial charge in [-0.1, -0.05) is 18.2 Å². The Morgan fingerprint density at radius 2 is 2.14 bits per heavy atom. The van der Waals surface area contributed by atoms with E-state index < -0.39 is 12.2 Å². The van der Waals surface area contributed by atoms with Crippen molar-refractivity contribution in [1.29, 1.82) is 0 Å². The summed E-state index contributed by atoms with van der Waals surface area (Å²) in [5, 5.41) is 18.1. The van der Waals surface area contributed by atoms with Crippen molar-refractivity contribution in [1.82, 2.24) is 19.6 Å². The second kappa shape index (κ2) is 7.20. The van der Waals surface area contributed by atoms with Gasteiger partial charge in [-0.15, -0.1) is 0 Å². The zero-order valence-electron chi connectivity index (χ0n) is 15.5. The molecule has 7 nitrogen and oxygen atoms in total. The number of aliphatic hydroxyl groups is 1. The minimum absolute atomic E-state index is 0.0195. The van der Waals surface area contributed by atoms with Crippen LogP contribution in [0.3, 0.4) is 0 Å². The van der Waals surface area contributed by atoms with Crippen LogP contribution in [0.2, 0.25) is 5.02 Å². The fraction of sp³-hybridized carbons (Fsp3) is 0.368. The molecule has 1 aromatic heterocycles. The van der Waals surface area contributed by atoms with E-state index in [-0.39, 0.29) is 10.9 Å². The van der Waals surface area contributed by atoms with Gasteiger partial charge in [-0.25, -0.2) is 4.39 Å². The molecular weight excluding hydrogens is 385 g/mol. The predicted octanol–water partition coefficient (Wildman–Crippen LogP) is 2.06. The molecule has 0 saturated carbocycles. The minimum atomic E-state index is -1.01. The Kier molecular flexibility index (Phi) is 4.86. The van der Waals surface area contributed by atoms with E-state index in [1.165, 1.54) is 18.2 Å². The summed E-state index contributed by atoms with van der Waals surface area (Å²) >= 11 is 5.80. The van der Waals surface area contributed by atoms with Gasteiger partial charge in [0.15, 0.2) is 6.35 Å². The Labute approximate surface area is 167 Å². The van der Waals surface area contributed by atoms with Crippen molar-refractivity contribution in [2.75, 3.05) is 25.5 Å². The molecule has 1 unspecified atom stereocenters. The smallest absolute Gasteiger partial charge is 0.272 e. The SMILES string of the molecule is C=C1CN(C)C(=O)c2c3c(nn2C1)CCN(C(O)Nc1ccc(F)c(Cl)c1)C3. The number of aliphatic hydroxyl groups excluding tert-OH is 1. The van der Waals surface area contributed by atoms with Crippen LogP contribution in [0.15, 0.2) is 30.4 Å². The van der Waals surface area contributed by atoms with Crippen molar-refractivity contribution in [2.45, 2.75) is 25.9 Å². The average Bonchev–Trinajstić information content (AvgIpc) is 2.95. The summed E-state index contributed by atoms with van der Waals surface area (Å²) in [5.74, 6) is -0.613. The van der Waals surface area contributed by atoms with Gasteiger partial charge in [0.25, 0.3) is 5.91 Å². The standard InChI is InChI=1S/C19H21ClFN5O2/c1-11-8-24(2)18(27)17-13-10-25(6-5-16(13)23-26(17)9-11)19(28)22-12-3-4-15(21)14(20)7-12/h3-4,7,19,22,28H,1,5-6,8-10H2,2H3. The van der Waals surface area contributed by atoms with Gasteiger partial charge in [0, 0.05) is 44.4 Å². The van der Waals surface area contributed by atoms with Crippen LogP contribution >= 0.6 is 11.6 Å². The number of benzene rings is 1. The molecule has 28 heavy (non-hydrogen) atoms. The lowest BCUT2D eigenvalue weighted by Crippen LogP contribution is -2.44. The average molecular weight is 406 g/mol. The molecule has 148 valence electrons. The predicted molar refractivity (Wildman–Crippen MR) is 103 cm³/mol. The number of likely N-dealkylation sites (N-methyl/N-ethyl adjacent to an activating group) is 1. The number of rotatable bonds is 3. The summed E-state index contributed by atoms with van der Waals surface area (Å²) in [4.78, 5) is 16.3. The maximum atomic E-state index is 13.3. The minimum Gasteiger partial charge on any atom is -0.361 e. The van der Waals surface area contributed by atoms with E-state index in [4.69, 9.17) is 11.6 Å². The number of aromatic nitrogens is 2.